The van der Waals surface area contributed by atoms with E-state index in [2.05, 4.69) is 254 Å². The van der Waals surface area contributed by atoms with Crippen LogP contribution in [0.25, 0.3) is 55.3 Å². The van der Waals surface area contributed by atoms with Crippen LogP contribution in [0.15, 0.2) is 285 Å². The maximum atomic E-state index is 6.24. The molecule has 0 saturated carbocycles. The van der Waals surface area contributed by atoms with E-state index in [-0.39, 0.29) is 0 Å². The average Bonchev–Trinajstić information content (AvgIpc) is 3.75. The predicted molar refractivity (Wildman–Crippen MR) is 265 cm³/mol. The Labute approximate surface area is 370 Å². The highest BCUT2D eigenvalue weighted by atomic mass is 32.3. The van der Waals surface area contributed by atoms with Crippen molar-refractivity contribution in [3.8, 4) is 33.4 Å². The normalized spacial score (nSPS) is 11.7. The second-order valence-electron chi connectivity index (χ2n) is 15.7. The van der Waals surface area contributed by atoms with E-state index < -0.39 is 10.0 Å². The third kappa shape index (κ3) is 7.09. The number of anilines is 3. The zero-order valence-corrected chi connectivity index (χ0v) is 35.4. The topological polar surface area (TPSA) is 16.4 Å². The highest BCUT2D eigenvalue weighted by Gasteiger charge is 2.33. The maximum Gasteiger partial charge on any atom is 0.136 e. The number of para-hydroxylation sites is 1. The number of rotatable bonds is 10. The smallest absolute Gasteiger partial charge is 0.136 e. The Kier molecular flexibility index (Phi) is 10.0. The van der Waals surface area contributed by atoms with Crippen molar-refractivity contribution < 1.29 is 4.42 Å². The van der Waals surface area contributed by atoms with Crippen LogP contribution in [0.4, 0.5) is 17.1 Å². The lowest BCUT2D eigenvalue weighted by Gasteiger charge is -2.42. The van der Waals surface area contributed by atoms with Crippen molar-refractivity contribution in [2.75, 3.05) is 4.90 Å². The molecule has 300 valence electrons. The van der Waals surface area contributed by atoms with Gasteiger partial charge in [-0.25, -0.2) is 0 Å². The SMILES string of the molecule is c1ccc(-c2ccc(N(c3ccc(-c4ccc(S(c5ccccc5)(c5ccccc5)c5ccccc5)cc4)cc3)c3ccc(-c4ccc5c(c4)oc4ccccc45)cc3)cc2)cc1. The van der Waals surface area contributed by atoms with Gasteiger partial charge in [-0.2, -0.15) is 0 Å². The van der Waals surface area contributed by atoms with Crippen LogP contribution < -0.4 is 4.90 Å². The molecule has 1 heterocycles. The monoisotopic (exact) mass is 825 g/mol. The lowest BCUT2D eigenvalue weighted by Crippen LogP contribution is -2.09. The predicted octanol–water partition coefficient (Wildman–Crippen LogP) is 17.4. The summed E-state index contributed by atoms with van der Waals surface area (Å²) in [6.07, 6.45) is 0. The van der Waals surface area contributed by atoms with Gasteiger partial charge in [0, 0.05) is 47.4 Å². The standard InChI is InChI=1S/C60H43NOS/c1-5-15-44(16-6-1)45-25-34-50(35-26-45)61(52-38-29-48(30-39-52)49-33-42-58-57-23-13-14-24-59(57)62-60(58)43-49)51-36-27-46(28-37-51)47-31-40-56(41-32-47)63(53-17-7-2-8-18-53,54-19-9-3-10-20-54)55-21-11-4-12-22-55/h1-43H. The van der Waals surface area contributed by atoms with Crippen LogP contribution in [0.3, 0.4) is 0 Å². The van der Waals surface area contributed by atoms with Gasteiger partial charge in [0.1, 0.15) is 11.2 Å². The zero-order valence-electron chi connectivity index (χ0n) is 34.6. The molecule has 0 saturated heterocycles. The molecule has 0 aliphatic carbocycles. The van der Waals surface area contributed by atoms with Gasteiger partial charge in [0.05, 0.1) is 0 Å². The summed E-state index contributed by atoms with van der Waals surface area (Å²) in [4.78, 5) is 7.59. The molecule has 63 heavy (non-hydrogen) atoms. The Hall–Kier alpha value is -7.85. The van der Waals surface area contributed by atoms with E-state index in [9.17, 15) is 0 Å². The highest BCUT2D eigenvalue weighted by Crippen LogP contribution is 2.73. The molecule has 11 aromatic rings. The van der Waals surface area contributed by atoms with Crippen molar-refractivity contribution in [1.82, 2.24) is 0 Å². The molecule has 0 N–H and O–H groups in total. The van der Waals surface area contributed by atoms with Gasteiger partial charge in [-0.05, 0) is 137 Å². The summed E-state index contributed by atoms with van der Waals surface area (Å²) in [6, 6.07) is 94.3. The Balaban J connectivity index is 0.947. The van der Waals surface area contributed by atoms with E-state index in [1.54, 1.807) is 0 Å². The molecular weight excluding hydrogens is 783 g/mol. The van der Waals surface area contributed by atoms with Crippen LogP contribution in [0.2, 0.25) is 0 Å². The van der Waals surface area contributed by atoms with E-state index in [0.717, 1.165) is 50.1 Å². The van der Waals surface area contributed by atoms with E-state index >= 15 is 0 Å². The average molecular weight is 826 g/mol. The lowest BCUT2D eigenvalue weighted by molar-refractivity contribution is 0.669. The van der Waals surface area contributed by atoms with Crippen LogP contribution in [0, 0.1) is 0 Å². The minimum Gasteiger partial charge on any atom is -0.456 e. The number of benzene rings is 10. The van der Waals surface area contributed by atoms with Crippen molar-refractivity contribution in [2.24, 2.45) is 0 Å². The summed E-state index contributed by atoms with van der Waals surface area (Å²) in [7, 11) is -1.76. The molecule has 3 heteroatoms. The third-order valence-corrected chi connectivity index (χ3v) is 15.9. The molecule has 0 fully saturated rings. The number of hydrogen-bond acceptors (Lipinski definition) is 2. The van der Waals surface area contributed by atoms with Gasteiger partial charge in [-0.1, -0.05) is 158 Å². The second kappa shape index (κ2) is 16.5. The largest absolute Gasteiger partial charge is 0.456 e. The van der Waals surface area contributed by atoms with Gasteiger partial charge in [0.2, 0.25) is 0 Å². The van der Waals surface area contributed by atoms with Crippen LogP contribution in [-0.4, -0.2) is 0 Å². The fourth-order valence-electron chi connectivity index (χ4n) is 8.93. The molecule has 0 aliphatic rings. The minimum atomic E-state index is -1.76. The molecule has 11 rings (SSSR count). The lowest BCUT2D eigenvalue weighted by atomic mass is 10.0. The van der Waals surface area contributed by atoms with E-state index in [0.29, 0.717) is 0 Å². The van der Waals surface area contributed by atoms with Crippen LogP contribution in [0.1, 0.15) is 0 Å². The van der Waals surface area contributed by atoms with Gasteiger partial charge in [-0.3, -0.25) is 0 Å². The van der Waals surface area contributed by atoms with Crippen molar-refractivity contribution in [1.29, 1.82) is 0 Å². The summed E-state index contributed by atoms with van der Waals surface area (Å²) in [5.41, 5.74) is 12.1. The Morgan fingerprint density at radius 3 is 1.06 bits per heavy atom. The van der Waals surface area contributed by atoms with Crippen molar-refractivity contribution >= 4 is 49.0 Å². The van der Waals surface area contributed by atoms with E-state index in [4.69, 9.17) is 4.42 Å². The Morgan fingerprint density at radius 1 is 0.254 bits per heavy atom. The van der Waals surface area contributed by atoms with Crippen molar-refractivity contribution in [3.05, 3.63) is 261 Å². The molecule has 2 nitrogen and oxygen atoms in total. The summed E-state index contributed by atoms with van der Waals surface area (Å²) in [5, 5.41) is 2.28. The number of fused-ring (bicyclic) bond motifs is 3. The molecule has 1 aromatic heterocycles. The summed E-state index contributed by atoms with van der Waals surface area (Å²) < 4.78 is 6.24. The van der Waals surface area contributed by atoms with Gasteiger partial charge in [-0.15, -0.1) is 10.0 Å². The molecule has 0 amide bonds. The minimum absolute atomic E-state index is 0.900. The van der Waals surface area contributed by atoms with Gasteiger partial charge in [0.25, 0.3) is 0 Å². The first kappa shape index (κ1) is 38.1. The van der Waals surface area contributed by atoms with Gasteiger partial charge >= 0.3 is 0 Å². The van der Waals surface area contributed by atoms with Crippen LogP contribution >= 0.6 is 10.0 Å². The molecule has 0 unspecified atom stereocenters. The maximum absolute atomic E-state index is 6.24. The van der Waals surface area contributed by atoms with E-state index in [1.807, 2.05) is 12.1 Å². The molecule has 10 aromatic carbocycles. The number of furan rings is 1. The molecular formula is C60H43NOS. The first-order valence-electron chi connectivity index (χ1n) is 21.4. The summed E-state index contributed by atoms with van der Waals surface area (Å²) in [6.45, 7) is 0. The fourth-order valence-corrected chi connectivity index (χ4v) is 12.8. The van der Waals surface area contributed by atoms with Gasteiger partial charge in [0.15, 0.2) is 0 Å². The molecule has 0 aliphatic heterocycles. The van der Waals surface area contributed by atoms with Crippen molar-refractivity contribution in [3.63, 3.8) is 0 Å². The first-order valence-corrected chi connectivity index (χ1v) is 23.0. The molecule has 0 atom stereocenters. The number of hydrogen-bond donors (Lipinski definition) is 0. The Bertz CT molecular complexity index is 3180. The van der Waals surface area contributed by atoms with Gasteiger partial charge < -0.3 is 9.32 Å². The Morgan fingerprint density at radius 2 is 0.587 bits per heavy atom. The fraction of sp³-hybridized carbons (Fsp3) is 0. The molecule has 0 bridgehead atoms. The van der Waals surface area contributed by atoms with Crippen LogP contribution in [0.5, 0.6) is 0 Å². The quantitative estimate of drug-likeness (QED) is 0.137. The third-order valence-electron chi connectivity index (χ3n) is 12.0. The van der Waals surface area contributed by atoms with E-state index in [1.165, 1.54) is 41.8 Å². The number of nitrogens with zero attached hydrogens (tertiary/aromatic N) is 1. The molecule has 0 spiro atoms. The van der Waals surface area contributed by atoms with Crippen LogP contribution in [-0.2, 0) is 0 Å². The molecule has 0 radical (unpaired) electrons. The summed E-state index contributed by atoms with van der Waals surface area (Å²) in [5.74, 6) is 0. The van der Waals surface area contributed by atoms with Crippen molar-refractivity contribution in [2.45, 2.75) is 19.6 Å². The zero-order chi connectivity index (χ0) is 42.0. The second-order valence-corrected chi connectivity index (χ2v) is 18.8. The summed E-state index contributed by atoms with van der Waals surface area (Å²) >= 11 is 0. The first-order chi connectivity index (χ1) is 31.2. The highest BCUT2D eigenvalue weighted by molar-refractivity contribution is 8.34.